The fourth-order valence-electron chi connectivity index (χ4n) is 1.54. The van der Waals surface area contributed by atoms with E-state index >= 15 is 0 Å². The Morgan fingerprint density at radius 1 is 1.40 bits per heavy atom. The van der Waals surface area contributed by atoms with Crippen LogP contribution in [0.15, 0.2) is 24.3 Å². The van der Waals surface area contributed by atoms with Crippen LogP contribution in [-0.2, 0) is 9.59 Å². The molecule has 0 aliphatic carbocycles. The number of carboxylic acid groups (broad SMARTS) is 1. The van der Waals surface area contributed by atoms with E-state index in [4.69, 9.17) is 16.7 Å². The number of hydrogen-bond acceptors (Lipinski definition) is 2. The van der Waals surface area contributed by atoms with Crippen LogP contribution in [0.5, 0.6) is 0 Å². The molecule has 0 bridgehead atoms. The molecular weight excluding hydrogens is 285 g/mol. The Balaban J connectivity index is 2.80. The molecule has 108 valence electrons. The molecule has 0 radical (unpaired) electrons. The number of carbonyl (C=O) groups is 2. The van der Waals surface area contributed by atoms with Gasteiger partial charge in [0.15, 0.2) is 0 Å². The van der Waals surface area contributed by atoms with Crippen LogP contribution in [-0.4, -0.2) is 23.0 Å². The molecule has 0 aliphatic heterocycles. The molecule has 0 heterocycles. The van der Waals surface area contributed by atoms with E-state index in [1.165, 1.54) is 24.3 Å². The lowest BCUT2D eigenvalue weighted by Crippen LogP contribution is -2.43. The van der Waals surface area contributed by atoms with Gasteiger partial charge in [-0.25, -0.2) is 9.18 Å². The highest BCUT2D eigenvalue weighted by molar-refractivity contribution is 6.32. The van der Waals surface area contributed by atoms with E-state index in [9.17, 15) is 14.0 Å². The van der Waals surface area contributed by atoms with Crippen molar-refractivity contribution in [1.82, 2.24) is 5.32 Å². The molecule has 1 aromatic carbocycles. The third kappa shape index (κ3) is 4.35. The average Bonchev–Trinajstić information content (AvgIpc) is 2.34. The Morgan fingerprint density at radius 3 is 2.55 bits per heavy atom. The number of benzene rings is 1. The summed E-state index contributed by atoms with van der Waals surface area (Å²) in [5.74, 6) is -2.56. The van der Waals surface area contributed by atoms with Gasteiger partial charge in [-0.05, 0) is 24.1 Å². The van der Waals surface area contributed by atoms with Crippen molar-refractivity contribution in [1.29, 1.82) is 0 Å². The molecule has 0 aliphatic rings. The van der Waals surface area contributed by atoms with Gasteiger partial charge in [0.05, 0.1) is 5.02 Å². The quantitative estimate of drug-likeness (QED) is 0.822. The van der Waals surface area contributed by atoms with Crippen LogP contribution in [0.2, 0.25) is 5.02 Å². The van der Waals surface area contributed by atoms with Gasteiger partial charge in [-0.2, -0.15) is 0 Å². The zero-order chi connectivity index (χ0) is 15.3. The number of amides is 1. The second-order valence-corrected chi connectivity index (χ2v) is 4.94. The zero-order valence-electron chi connectivity index (χ0n) is 11.1. The number of nitrogens with one attached hydrogen (secondary N) is 1. The normalized spacial score (nSPS) is 12.7. The minimum atomic E-state index is -1.12. The van der Waals surface area contributed by atoms with Crippen LogP contribution >= 0.6 is 11.6 Å². The number of aliphatic carboxylic acids is 1. The van der Waals surface area contributed by atoms with Gasteiger partial charge in [-0.3, -0.25) is 4.79 Å². The monoisotopic (exact) mass is 299 g/mol. The molecule has 0 saturated heterocycles. The van der Waals surface area contributed by atoms with Crippen molar-refractivity contribution < 1.29 is 19.1 Å². The fraction of sp³-hybridized carbons (Fsp3) is 0.286. The first-order chi connectivity index (χ1) is 9.32. The summed E-state index contributed by atoms with van der Waals surface area (Å²) in [5, 5.41) is 11.5. The Labute approximate surface area is 121 Å². The van der Waals surface area contributed by atoms with Crippen molar-refractivity contribution >= 4 is 29.6 Å². The van der Waals surface area contributed by atoms with Crippen molar-refractivity contribution in [2.45, 2.75) is 19.9 Å². The smallest absolute Gasteiger partial charge is 0.326 e. The summed E-state index contributed by atoms with van der Waals surface area (Å²) in [6, 6.07) is 3.17. The fourth-order valence-corrected chi connectivity index (χ4v) is 1.77. The van der Waals surface area contributed by atoms with Gasteiger partial charge in [0.25, 0.3) is 0 Å². The third-order valence-electron chi connectivity index (χ3n) is 2.63. The van der Waals surface area contributed by atoms with E-state index in [0.717, 1.165) is 6.08 Å². The Morgan fingerprint density at radius 2 is 2.05 bits per heavy atom. The number of carboxylic acids is 1. The highest BCUT2D eigenvalue weighted by Gasteiger charge is 2.22. The minimum absolute atomic E-state index is 0.0840. The number of hydrogen-bond donors (Lipinski definition) is 2. The topological polar surface area (TPSA) is 66.4 Å². The van der Waals surface area contributed by atoms with Gasteiger partial charge >= 0.3 is 5.97 Å². The van der Waals surface area contributed by atoms with E-state index in [1.807, 2.05) is 0 Å². The molecule has 6 heteroatoms. The first-order valence-corrected chi connectivity index (χ1v) is 6.36. The molecule has 2 N–H and O–H groups in total. The Kier molecular flexibility index (Phi) is 5.70. The number of rotatable bonds is 5. The van der Waals surface area contributed by atoms with Crippen LogP contribution in [0.4, 0.5) is 4.39 Å². The SMILES string of the molecule is CC(C)C(NC(=O)/C=C/c1c(F)cccc1Cl)C(=O)O. The molecule has 0 saturated carbocycles. The van der Waals surface area contributed by atoms with Gasteiger partial charge in [-0.1, -0.05) is 31.5 Å². The van der Waals surface area contributed by atoms with Crippen molar-refractivity contribution in [2.24, 2.45) is 5.92 Å². The highest BCUT2D eigenvalue weighted by Crippen LogP contribution is 2.20. The Bertz CT molecular complexity index is 523. The summed E-state index contributed by atoms with van der Waals surface area (Å²) in [6.07, 6.45) is 2.27. The summed E-state index contributed by atoms with van der Waals surface area (Å²) in [5.41, 5.74) is 0.0840. The van der Waals surface area contributed by atoms with Gasteiger partial charge < -0.3 is 10.4 Å². The zero-order valence-corrected chi connectivity index (χ0v) is 11.8. The maximum Gasteiger partial charge on any atom is 0.326 e. The van der Waals surface area contributed by atoms with Gasteiger partial charge in [-0.15, -0.1) is 0 Å². The second kappa shape index (κ2) is 7.05. The number of carbonyl (C=O) groups excluding carboxylic acids is 1. The lowest BCUT2D eigenvalue weighted by molar-refractivity contribution is -0.142. The van der Waals surface area contributed by atoms with Crippen LogP contribution < -0.4 is 5.32 Å². The van der Waals surface area contributed by atoms with Gasteiger partial charge in [0.1, 0.15) is 11.9 Å². The first-order valence-electron chi connectivity index (χ1n) is 5.98. The van der Waals surface area contributed by atoms with E-state index in [2.05, 4.69) is 5.32 Å². The van der Waals surface area contributed by atoms with E-state index in [0.29, 0.717) is 0 Å². The standard InChI is InChI=1S/C14H15ClFNO3/c1-8(2)13(14(19)20)17-12(18)7-6-9-10(15)4-3-5-11(9)16/h3-8,13H,1-2H3,(H,17,18)(H,19,20)/b7-6+. The summed E-state index contributed by atoms with van der Waals surface area (Å²) in [6.45, 7) is 3.35. The third-order valence-corrected chi connectivity index (χ3v) is 2.96. The lowest BCUT2D eigenvalue weighted by Gasteiger charge is -2.16. The van der Waals surface area contributed by atoms with Crippen LogP contribution in [0.1, 0.15) is 19.4 Å². The molecule has 0 aromatic heterocycles. The van der Waals surface area contributed by atoms with Crippen LogP contribution in [0.3, 0.4) is 0 Å². The molecule has 1 atom stereocenters. The molecule has 1 amide bonds. The van der Waals surface area contributed by atoms with Crippen LogP contribution in [0, 0.1) is 11.7 Å². The summed E-state index contributed by atoms with van der Waals surface area (Å²) < 4.78 is 13.5. The molecule has 0 spiro atoms. The molecule has 20 heavy (non-hydrogen) atoms. The van der Waals surface area contributed by atoms with Gasteiger partial charge in [0, 0.05) is 11.6 Å². The maximum atomic E-state index is 13.5. The largest absolute Gasteiger partial charge is 0.480 e. The van der Waals surface area contributed by atoms with E-state index < -0.39 is 23.7 Å². The molecule has 4 nitrogen and oxygen atoms in total. The Hall–Kier alpha value is -1.88. The average molecular weight is 300 g/mol. The second-order valence-electron chi connectivity index (χ2n) is 4.54. The molecule has 1 aromatic rings. The number of halogens is 2. The molecule has 0 fully saturated rings. The summed E-state index contributed by atoms with van der Waals surface area (Å²) in [4.78, 5) is 22.6. The van der Waals surface area contributed by atoms with E-state index in [1.54, 1.807) is 13.8 Å². The van der Waals surface area contributed by atoms with Crippen molar-refractivity contribution in [3.8, 4) is 0 Å². The van der Waals surface area contributed by atoms with E-state index in [-0.39, 0.29) is 16.5 Å². The highest BCUT2D eigenvalue weighted by atomic mass is 35.5. The summed E-state index contributed by atoms with van der Waals surface area (Å²) in [7, 11) is 0. The first kappa shape index (κ1) is 16.2. The van der Waals surface area contributed by atoms with Crippen molar-refractivity contribution in [3.05, 3.63) is 40.7 Å². The minimum Gasteiger partial charge on any atom is -0.480 e. The van der Waals surface area contributed by atoms with Crippen LogP contribution in [0.25, 0.3) is 6.08 Å². The predicted molar refractivity (Wildman–Crippen MR) is 74.8 cm³/mol. The summed E-state index contributed by atoms with van der Waals surface area (Å²) >= 11 is 5.80. The molecular formula is C14H15ClFNO3. The molecule has 1 unspecified atom stereocenters. The molecule has 1 rings (SSSR count). The van der Waals surface area contributed by atoms with Crippen molar-refractivity contribution in [3.63, 3.8) is 0 Å². The maximum absolute atomic E-state index is 13.5. The van der Waals surface area contributed by atoms with Crippen molar-refractivity contribution in [2.75, 3.05) is 0 Å². The van der Waals surface area contributed by atoms with Gasteiger partial charge in [0.2, 0.25) is 5.91 Å². The lowest BCUT2D eigenvalue weighted by atomic mass is 10.0. The predicted octanol–water partition coefficient (Wildman–Crippen LogP) is 2.72.